The molecule has 2 atom stereocenters. The summed E-state index contributed by atoms with van der Waals surface area (Å²) in [4.78, 5) is 15.0. The molecular formula is C15H17N5O2. The molecule has 1 aliphatic rings. The maximum atomic E-state index is 12.3. The molecule has 0 aliphatic carbocycles. The highest BCUT2D eigenvalue weighted by Gasteiger charge is 2.33. The normalized spacial score (nSPS) is 20.8. The van der Waals surface area contributed by atoms with Crippen LogP contribution in [0.2, 0.25) is 0 Å². The van der Waals surface area contributed by atoms with Crippen LogP contribution in [-0.4, -0.2) is 33.3 Å². The first-order chi connectivity index (χ1) is 10.6. The van der Waals surface area contributed by atoms with Gasteiger partial charge in [-0.3, -0.25) is 9.48 Å². The van der Waals surface area contributed by atoms with E-state index < -0.39 is 0 Å². The van der Waals surface area contributed by atoms with Crippen LogP contribution < -0.4 is 5.32 Å². The van der Waals surface area contributed by atoms with Crippen molar-refractivity contribution < 1.29 is 9.53 Å². The van der Waals surface area contributed by atoms with Crippen molar-refractivity contribution in [2.75, 3.05) is 6.61 Å². The zero-order valence-corrected chi connectivity index (χ0v) is 12.5. The Labute approximate surface area is 127 Å². The first kappa shape index (κ1) is 14.4. The number of amides is 1. The molecule has 1 fully saturated rings. The predicted octanol–water partition coefficient (Wildman–Crippen LogP) is 1.19. The monoisotopic (exact) mass is 299 g/mol. The predicted molar refractivity (Wildman–Crippen MR) is 78.0 cm³/mol. The average molecular weight is 299 g/mol. The maximum Gasteiger partial charge on any atom is 0.253 e. The third-order valence-electron chi connectivity index (χ3n) is 4.05. The van der Waals surface area contributed by atoms with E-state index in [0.717, 1.165) is 17.7 Å². The number of nitrogens with one attached hydrogen (secondary N) is 2. The lowest BCUT2D eigenvalue weighted by atomic mass is 10.0. The average Bonchev–Trinajstić information content (AvgIpc) is 3.21. The molecule has 0 bridgehead atoms. The van der Waals surface area contributed by atoms with Gasteiger partial charge in [-0.25, -0.2) is 0 Å². The van der Waals surface area contributed by atoms with Gasteiger partial charge in [-0.05, 0) is 19.4 Å². The van der Waals surface area contributed by atoms with Crippen molar-refractivity contribution in [1.82, 2.24) is 20.1 Å². The molecule has 3 rings (SSSR count). The highest BCUT2D eigenvalue weighted by atomic mass is 16.5. The van der Waals surface area contributed by atoms with Gasteiger partial charge in [0.05, 0.1) is 17.8 Å². The van der Waals surface area contributed by atoms with E-state index in [2.05, 4.69) is 15.4 Å². The summed E-state index contributed by atoms with van der Waals surface area (Å²) in [5.41, 5.74) is 2.84. The Bertz CT molecular complexity index is 739. The molecule has 22 heavy (non-hydrogen) atoms. The number of rotatable bonds is 3. The van der Waals surface area contributed by atoms with Gasteiger partial charge in [-0.15, -0.1) is 0 Å². The number of aromatic nitrogens is 3. The van der Waals surface area contributed by atoms with E-state index in [1.54, 1.807) is 10.9 Å². The molecule has 0 aromatic carbocycles. The van der Waals surface area contributed by atoms with Crippen molar-refractivity contribution in [3.63, 3.8) is 0 Å². The first-order valence-corrected chi connectivity index (χ1v) is 7.09. The largest absolute Gasteiger partial charge is 0.371 e. The van der Waals surface area contributed by atoms with Crippen molar-refractivity contribution in [3.8, 4) is 6.07 Å². The van der Waals surface area contributed by atoms with E-state index >= 15 is 0 Å². The minimum absolute atomic E-state index is 0.101. The van der Waals surface area contributed by atoms with Crippen LogP contribution in [0.3, 0.4) is 0 Å². The van der Waals surface area contributed by atoms with Crippen molar-refractivity contribution in [1.29, 1.82) is 5.26 Å². The zero-order valence-electron chi connectivity index (χ0n) is 12.5. The van der Waals surface area contributed by atoms with Gasteiger partial charge in [0.15, 0.2) is 0 Å². The highest BCUT2D eigenvalue weighted by molar-refractivity contribution is 5.94. The lowest BCUT2D eigenvalue weighted by Gasteiger charge is -2.19. The fraction of sp³-hybridized carbons (Fsp3) is 0.400. The van der Waals surface area contributed by atoms with Gasteiger partial charge in [0.2, 0.25) is 0 Å². The Balaban J connectivity index is 1.75. The first-order valence-electron chi connectivity index (χ1n) is 7.09. The summed E-state index contributed by atoms with van der Waals surface area (Å²) in [6.07, 6.45) is 3.88. The standard InChI is InChI=1S/C15H17N5O2/c1-9-12(8-18-20(9)2)14-13(3-4-22-14)19-15(21)10-5-11(6-16)17-7-10/h5,7-8,13-14,17H,3-4H2,1-2H3,(H,19,21)/t13-,14+/m0/s1. The number of carbonyl (C=O) groups is 1. The molecule has 0 radical (unpaired) electrons. The van der Waals surface area contributed by atoms with Gasteiger partial charge in [0.25, 0.3) is 5.91 Å². The lowest BCUT2D eigenvalue weighted by molar-refractivity contribution is 0.0819. The third-order valence-corrected chi connectivity index (χ3v) is 4.05. The summed E-state index contributed by atoms with van der Waals surface area (Å²) in [6.45, 7) is 2.58. The molecule has 3 heterocycles. The SMILES string of the molecule is Cc1c([C@H]2OCC[C@@H]2NC(=O)c2c[nH]c(C#N)c2)cnn1C. The van der Waals surface area contributed by atoms with Crippen LogP contribution in [0.15, 0.2) is 18.5 Å². The number of hydrogen-bond acceptors (Lipinski definition) is 4. The number of hydrogen-bond donors (Lipinski definition) is 2. The smallest absolute Gasteiger partial charge is 0.253 e. The number of nitrogens with zero attached hydrogens (tertiary/aromatic N) is 3. The Morgan fingerprint density at radius 1 is 1.64 bits per heavy atom. The molecule has 0 spiro atoms. The van der Waals surface area contributed by atoms with E-state index in [1.807, 2.05) is 20.0 Å². The quantitative estimate of drug-likeness (QED) is 0.889. The lowest BCUT2D eigenvalue weighted by Crippen LogP contribution is -2.36. The third kappa shape index (κ3) is 2.49. The van der Waals surface area contributed by atoms with E-state index in [0.29, 0.717) is 17.9 Å². The molecule has 1 saturated heterocycles. The van der Waals surface area contributed by atoms with Gasteiger partial charge in [0, 0.05) is 31.1 Å². The molecular weight excluding hydrogens is 282 g/mol. The number of H-pyrrole nitrogens is 1. The molecule has 1 aliphatic heterocycles. The summed E-state index contributed by atoms with van der Waals surface area (Å²) in [5.74, 6) is -0.209. The number of aromatic amines is 1. The van der Waals surface area contributed by atoms with Crippen LogP contribution in [0.25, 0.3) is 0 Å². The summed E-state index contributed by atoms with van der Waals surface area (Å²) in [5, 5.41) is 16.0. The molecule has 0 saturated carbocycles. The number of nitriles is 1. The van der Waals surface area contributed by atoms with Crippen molar-refractivity contribution in [2.45, 2.75) is 25.5 Å². The van der Waals surface area contributed by atoms with Crippen molar-refractivity contribution in [2.24, 2.45) is 7.05 Å². The fourth-order valence-electron chi connectivity index (χ4n) is 2.68. The highest BCUT2D eigenvalue weighted by Crippen LogP contribution is 2.31. The zero-order chi connectivity index (χ0) is 15.7. The molecule has 0 unspecified atom stereocenters. The van der Waals surface area contributed by atoms with Gasteiger partial charge in [0.1, 0.15) is 17.9 Å². The summed E-state index contributed by atoms with van der Waals surface area (Å²) >= 11 is 0. The van der Waals surface area contributed by atoms with Crippen LogP contribution >= 0.6 is 0 Å². The van der Waals surface area contributed by atoms with E-state index in [-0.39, 0.29) is 18.1 Å². The summed E-state index contributed by atoms with van der Waals surface area (Å²) < 4.78 is 7.57. The minimum atomic E-state index is -0.209. The fourth-order valence-corrected chi connectivity index (χ4v) is 2.68. The number of aryl methyl sites for hydroxylation is 1. The Hall–Kier alpha value is -2.59. The second-order valence-corrected chi connectivity index (χ2v) is 5.38. The van der Waals surface area contributed by atoms with E-state index in [9.17, 15) is 4.79 Å². The van der Waals surface area contributed by atoms with Crippen LogP contribution in [0.1, 0.15) is 39.8 Å². The molecule has 2 N–H and O–H groups in total. The van der Waals surface area contributed by atoms with Crippen molar-refractivity contribution >= 4 is 5.91 Å². The van der Waals surface area contributed by atoms with Crippen LogP contribution in [-0.2, 0) is 11.8 Å². The minimum Gasteiger partial charge on any atom is -0.371 e. The maximum absolute atomic E-state index is 12.3. The van der Waals surface area contributed by atoms with E-state index in [4.69, 9.17) is 10.00 Å². The molecule has 2 aromatic heterocycles. The van der Waals surface area contributed by atoms with Gasteiger partial charge < -0.3 is 15.0 Å². The van der Waals surface area contributed by atoms with Gasteiger partial charge >= 0.3 is 0 Å². The topological polar surface area (TPSA) is 95.7 Å². The van der Waals surface area contributed by atoms with Crippen LogP contribution in [0, 0.1) is 18.3 Å². The second-order valence-electron chi connectivity index (χ2n) is 5.38. The van der Waals surface area contributed by atoms with E-state index in [1.165, 1.54) is 12.3 Å². The molecule has 2 aromatic rings. The molecule has 114 valence electrons. The molecule has 1 amide bonds. The van der Waals surface area contributed by atoms with Crippen LogP contribution in [0.4, 0.5) is 0 Å². The number of carbonyl (C=O) groups excluding carboxylic acids is 1. The Morgan fingerprint density at radius 2 is 2.45 bits per heavy atom. The Kier molecular flexibility index (Phi) is 3.69. The second kappa shape index (κ2) is 5.66. The van der Waals surface area contributed by atoms with Gasteiger partial charge in [-0.2, -0.15) is 10.4 Å². The number of ether oxygens (including phenoxy) is 1. The summed E-state index contributed by atoms with van der Waals surface area (Å²) in [6, 6.07) is 3.41. The molecule has 7 nitrogen and oxygen atoms in total. The molecule has 7 heteroatoms. The van der Waals surface area contributed by atoms with Crippen LogP contribution in [0.5, 0.6) is 0 Å². The Morgan fingerprint density at radius 3 is 3.09 bits per heavy atom. The summed E-state index contributed by atoms with van der Waals surface area (Å²) in [7, 11) is 1.88. The van der Waals surface area contributed by atoms with Gasteiger partial charge in [-0.1, -0.05) is 0 Å². The van der Waals surface area contributed by atoms with Crippen molar-refractivity contribution in [3.05, 3.63) is 41.0 Å².